The summed E-state index contributed by atoms with van der Waals surface area (Å²) < 4.78 is 5.07. The van der Waals surface area contributed by atoms with Gasteiger partial charge in [-0.2, -0.15) is 0 Å². The highest BCUT2D eigenvalue weighted by atomic mass is 16.5. The van der Waals surface area contributed by atoms with Crippen molar-refractivity contribution >= 4 is 23.4 Å². The van der Waals surface area contributed by atoms with E-state index in [1.165, 1.54) is 0 Å². The molecule has 0 radical (unpaired) electrons. The zero-order valence-corrected chi connectivity index (χ0v) is 12.3. The van der Waals surface area contributed by atoms with Gasteiger partial charge >= 0.3 is 12.0 Å². The van der Waals surface area contributed by atoms with Crippen molar-refractivity contribution in [2.45, 2.75) is 13.3 Å². The van der Waals surface area contributed by atoms with Crippen LogP contribution in [0.15, 0.2) is 54.6 Å². The van der Waals surface area contributed by atoms with Crippen molar-refractivity contribution in [3.63, 3.8) is 0 Å². The van der Waals surface area contributed by atoms with E-state index in [4.69, 9.17) is 4.74 Å². The van der Waals surface area contributed by atoms with Crippen molar-refractivity contribution in [1.82, 2.24) is 0 Å². The first-order chi connectivity index (χ1) is 10.7. The fraction of sp³-hybridized carbons (Fsp3) is 0.176. The van der Waals surface area contributed by atoms with Crippen molar-refractivity contribution in [3.05, 3.63) is 60.2 Å². The van der Waals surface area contributed by atoms with Crippen LogP contribution in [-0.4, -0.2) is 18.6 Å². The molecule has 5 heteroatoms. The van der Waals surface area contributed by atoms with Crippen molar-refractivity contribution in [2.24, 2.45) is 0 Å². The molecular formula is C17H18N2O3. The minimum Gasteiger partial charge on any atom is -0.462 e. The van der Waals surface area contributed by atoms with Crippen LogP contribution in [0.4, 0.5) is 16.2 Å². The number of rotatable bonds is 5. The maximum Gasteiger partial charge on any atom is 0.338 e. The molecule has 0 atom stereocenters. The molecule has 22 heavy (non-hydrogen) atoms. The van der Waals surface area contributed by atoms with E-state index in [0.717, 1.165) is 6.42 Å². The third-order valence-corrected chi connectivity index (χ3v) is 2.83. The van der Waals surface area contributed by atoms with E-state index in [1.807, 2.05) is 25.1 Å². The Hall–Kier alpha value is -2.82. The average Bonchev–Trinajstić information content (AvgIpc) is 2.53. The third-order valence-electron chi connectivity index (χ3n) is 2.83. The second-order valence-electron chi connectivity index (χ2n) is 4.66. The Balaban J connectivity index is 1.98. The second-order valence-corrected chi connectivity index (χ2v) is 4.66. The van der Waals surface area contributed by atoms with E-state index in [-0.39, 0.29) is 6.03 Å². The Labute approximate surface area is 129 Å². The number of carbonyl (C=O) groups is 2. The molecule has 0 saturated heterocycles. The predicted octanol–water partition coefficient (Wildman–Crippen LogP) is 3.90. The first kappa shape index (κ1) is 15.6. The molecule has 0 bridgehead atoms. The lowest BCUT2D eigenvalue weighted by Crippen LogP contribution is -2.19. The summed E-state index contributed by atoms with van der Waals surface area (Å²) in [6.07, 6.45) is 0.767. The van der Waals surface area contributed by atoms with Crippen LogP contribution in [0.2, 0.25) is 0 Å². The summed E-state index contributed by atoms with van der Waals surface area (Å²) in [7, 11) is 0. The van der Waals surface area contributed by atoms with Gasteiger partial charge in [-0.15, -0.1) is 0 Å². The molecule has 2 N–H and O–H groups in total. The second kappa shape index (κ2) is 7.83. The molecule has 2 rings (SSSR count). The van der Waals surface area contributed by atoms with Crippen LogP contribution < -0.4 is 10.6 Å². The van der Waals surface area contributed by atoms with Gasteiger partial charge in [-0.1, -0.05) is 31.2 Å². The van der Waals surface area contributed by atoms with Gasteiger partial charge in [0.1, 0.15) is 0 Å². The van der Waals surface area contributed by atoms with Crippen LogP contribution in [0.25, 0.3) is 0 Å². The van der Waals surface area contributed by atoms with Gasteiger partial charge in [0, 0.05) is 11.4 Å². The van der Waals surface area contributed by atoms with Crippen LogP contribution in [0, 0.1) is 0 Å². The fourth-order valence-corrected chi connectivity index (χ4v) is 1.82. The number of benzene rings is 2. The van der Waals surface area contributed by atoms with Gasteiger partial charge in [0.05, 0.1) is 12.2 Å². The quantitative estimate of drug-likeness (QED) is 0.823. The fourth-order valence-electron chi connectivity index (χ4n) is 1.82. The Kier molecular flexibility index (Phi) is 5.54. The van der Waals surface area contributed by atoms with Crippen LogP contribution in [0.1, 0.15) is 23.7 Å². The lowest BCUT2D eigenvalue weighted by molar-refractivity contribution is 0.0505. The normalized spacial score (nSPS) is 9.86. The number of hydrogen-bond acceptors (Lipinski definition) is 3. The molecule has 5 nitrogen and oxygen atoms in total. The Morgan fingerprint density at radius 1 is 0.955 bits per heavy atom. The summed E-state index contributed by atoms with van der Waals surface area (Å²) in [4.78, 5) is 23.7. The number of ether oxygens (including phenoxy) is 1. The van der Waals surface area contributed by atoms with Crippen LogP contribution >= 0.6 is 0 Å². The summed E-state index contributed by atoms with van der Waals surface area (Å²) >= 11 is 0. The van der Waals surface area contributed by atoms with E-state index in [0.29, 0.717) is 23.5 Å². The number of nitrogens with one attached hydrogen (secondary N) is 2. The number of carbonyl (C=O) groups excluding carboxylic acids is 2. The van der Waals surface area contributed by atoms with Crippen molar-refractivity contribution < 1.29 is 14.3 Å². The molecule has 0 aliphatic carbocycles. The van der Waals surface area contributed by atoms with E-state index < -0.39 is 5.97 Å². The summed E-state index contributed by atoms with van der Waals surface area (Å²) in [6, 6.07) is 15.4. The number of anilines is 2. The van der Waals surface area contributed by atoms with Crippen LogP contribution in [0.3, 0.4) is 0 Å². The van der Waals surface area contributed by atoms with E-state index >= 15 is 0 Å². The van der Waals surface area contributed by atoms with Gasteiger partial charge < -0.3 is 15.4 Å². The van der Waals surface area contributed by atoms with Gasteiger partial charge in [-0.05, 0) is 36.8 Å². The molecule has 0 spiro atoms. The zero-order valence-electron chi connectivity index (χ0n) is 12.3. The first-order valence-electron chi connectivity index (χ1n) is 7.09. The standard InChI is InChI=1S/C17H18N2O3/c1-2-11-22-16(20)13-7-6-10-15(12-13)19-17(21)18-14-8-4-3-5-9-14/h3-10,12H,2,11H2,1H3,(H2,18,19,21). The topological polar surface area (TPSA) is 67.4 Å². The lowest BCUT2D eigenvalue weighted by Gasteiger charge is -2.09. The van der Waals surface area contributed by atoms with Crippen molar-refractivity contribution in [1.29, 1.82) is 0 Å². The highest BCUT2D eigenvalue weighted by Crippen LogP contribution is 2.13. The van der Waals surface area contributed by atoms with Crippen molar-refractivity contribution in [2.75, 3.05) is 17.2 Å². The van der Waals surface area contributed by atoms with Gasteiger partial charge in [-0.3, -0.25) is 0 Å². The maximum atomic E-state index is 11.9. The van der Waals surface area contributed by atoms with Crippen LogP contribution in [-0.2, 0) is 4.74 Å². The molecule has 0 unspecified atom stereocenters. The summed E-state index contributed by atoms with van der Waals surface area (Å²) in [5.74, 6) is -0.394. The van der Waals surface area contributed by atoms with Gasteiger partial charge in [0.25, 0.3) is 0 Å². The molecule has 114 valence electrons. The lowest BCUT2D eigenvalue weighted by atomic mass is 10.2. The number of amides is 2. The van der Waals surface area contributed by atoms with Gasteiger partial charge in [0.2, 0.25) is 0 Å². The minimum atomic E-state index is -0.394. The largest absolute Gasteiger partial charge is 0.462 e. The minimum absolute atomic E-state index is 0.370. The Bertz CT molecular complexity index is 641. The number of hydrogen-bond donors (Lipinski definition) is 2. The molecule has 0 heterocycles. The third kappa shape index (κ3) is 4.63. The van der Waals surface area contributed by atoms with E-state index in [2.05, 4.69) is 10.6 Å². The molecule has 0 fully saturated rings. The van der Waals surface area contributed by atoms with E-state index in [1.54, 1.807) is 36.4 Å². The summed E-state index contributed by atoms with van der Waals surface area (Å²) in [5.41, 5.74) is 1.63. The smallest absolute Gasteiger partial charge is 0.338 e. The van der Waals surface area contributed by atoms with Gasteiger partial charge in [0.15, 0.2) is 0 Å². The SMILES string of the molecule is CCCOC(=O)c1cccc(NC(=O)Nc2ccccc2)c1. The molecular weight excluding hydrogens is 280 g/mol. The molecule has 0 aliphatic heterocycles. The number of esters is 1. The predicted molar refractivity (Wildman–Crippen MR) is 86.1 cm³/mol. The molecule has 0 aromatic heterocycles. The summed E-state index contributed by atoms with van der Waals surface area (Å²) in [5, 5.41) is 5.39. The Morgan fingerprint density at radius 2 is 1.64 bits per heavy atom. The molecule has 0 saturated carbocycles. The first-order valence-corrected chi connectivity index (χ1v) is 7.09. The molecule has 2 aromatic rings. The molecule has 2 amide bonds. The maximum absolute atomic E-state index is 11.9. The molecule has 0 aliphatic rings. The highest BCUT2D eigenvalue weighted by molar-refractivity contribution is 6.00. The molecule has 2 aromatic carbocycles. The average molecular weight is 298 g/mol. The van der Waals surface area contributed by atoms with Gasteiger partial charge in [-0.25, -0.2) is 9.59 Å². The summed E-state index contributed by atoms with van der Waals surface area (Å²) in [6.45, 7) is 2.31. The number of para-hydroxylation sites is 1. The van der Waals surface area contributed by atoms with Crippen molar-refractivity contribution in [3.8, 4) is 0 Å². The zero-order chi connectivity index (χ0) is 15.8. The highest BCUT2D eigenvalue weighted by Gasteiger charge is 2.08. The van der Waals surface area contributed by atoms with E-state index in [9.17, 15) is 9.59 Å². The van der Waals surface area contributed by atoms with Crippen LogP contribution in [0.5, 0.6) is 0 Å². The Morgan fingerprint density at radius 3 is 2.36 bits per heavy atom. The number of urea groups is 1. The monoisotopic (exact) mass is 298 g/mol.